The zero-order chi connectivity index (χ0) is 19.1. The number of nitro benzene ring substituents is 1. The summed E-state index contributed by atoms with van der Waals surface area (Å²) in [6.07, 6.45) is 0.435. The van der Waals surface area contributed by atoms with E-state index in [1.807, 2.05) is 0 Å². The Morgan fingerprint density at radius 1 is 1.19 bits per heavy atom. The zero-order valence-corrected chi connectivity index (χ0v) is 13.8. The molecule has 2 rings (SSSR count). The molecule has 0 atom stereocenters. The van der Waals surface area contributed by atoms with Gasteiger partial charge in [0.15, 0.2) is 11.5 Å². The predicted octanol–water partition coefficient (Wildman–Crippen LogP) is 3.18. The van der Waals surface area contributed by atoms with Gasteiger partial charge in [-0.05, 0) is 36.2 Å². The predicted molar refractivity (Wildman–Crippen MR) is 88.8 cm³/mol. The number of nitrogens with one attached hydrogen (secondary N) is 1. The van der Waals surface area contributed by atoms with Crippen molar-refractivity contribution >= 4 is 11.6 Å². The fourth-order valence-corrected chi connectivity index (χ4v) is 2.22. The number of nitro groups is 1. The number of halogens is 2. The van der Waals surface area contributed by atoms with Crippen molar-refractivity contribution in [3.8, 4) is 11.5 Å². The van der Waals surface area contributed by atoms with Crippen molar-refractivity contribution in [3.63, 3.8) is 0 Å². The quantitative estimate of drug-likeness (QED) is 0.572. The molecule has 0 aromatic heterocycles. The summed E-state index contributed by atoms with van der Waals surface area (Å²) < 4.78 is 33.9. The Morgan fingerprint density at radius 2 is 1.88 bits per heavy atom. The van der Waals surface area contributed by atoms with Gasteiger partial charge in [-0.3, -0.25) is 14.9 Å². The molecule has 1 amide bonds. The Morgan fingerprint density at radius 3 is 2.46 bits per heavy atom. The molecule has 0 fully saturated rings. The number of nitrogens with zero attached hydrogens (tertiary/aromatic N) is 1. The molecule has 0 saturated carbocycles. The van der Waals surface area contributed by atoms with E-state index in [9.17, 15) is 23.7 Å². The van der Waals surface area contributed by atoms with Gasteiger partial charge in [0.2, 0.25) is 0 Å². The summed E-state index contributed by atoms with van der Waals surface area (Å²) in [4.78, 5) is 22.1. The van der Waals surface area contributed by atoms with Crippen LogP contribution in [0.15, 0.2) is 42.5 Å². The van der Waals surface area contributed by atoms with E-state index < -0.39 is 11.5 Å². The Bertz CT molecular complexity index is 781. The van der Waals surface area contributed by atoms with Crippen LogP contribution in [0.3, 0.4) is 0 Å². The number of hydrogen-bond acceptors (Lipinski definition) is 5. The highest BCUT2D eigenvalue weighted by molar-refractivity contribution is 5.94. The van der Waals surface area contributed by atoms with Crippen LogP contribution in [0.4, 0.5) is 14.5 Å². The third-order valence-corrected chi connectivity index (χ3v) is 3.48. The number of ether oxygens (including phenoxy) is 2. The van der Waals surface area contributed by atoms with Crippen molar-refractivity contribution in [2.75, 3.05) is 13.7 Å². The largest absolute Gasteiger partial charge is 0.493 e. The van der Waals surface area contributed by atoms with Gasteiger partial charge in [-0.2, -0.15) is 8.78 Å². The number of amides is 1. The molecule has 2 aromatic carbocycles. The van der Waals surface area contributed by atoms with Crippen LogP contribution in [0.2, 0.25) is 0 Å². The molecular weight excluding hydrogens is 350 g/mol. The molecule has 7 nitrogen and oxygen atoms in total. The first-order valence-corrected chi connectivity index (χ1v) is 7.55. The second-order valence-electron chi connectivity index (χ2n) is 5.17. The number of methoxy groups -OCH3 is 1. The van der Waals surface area contributed by atoms with Crippen molar-refractivity contribution < 1.29 is 28.0 Å². The molecule has 0 bridgehead atoms. The molecule has 9 heteroatoms. The lowest BCUT2D eigenvalue weighted by Crippen LogP contribution is -2.25. The van der Waals surface area contributed by atoms with E-state index in [0.717, 1.165) is 5.56 Å². The van der Waals surface area contributed by atoms with E-state index in [1.165, 1.54) is 37.4 Å². The summed E-state index contributed by atoms with van der Waals surface area (Å²) in [6, 6.07) is 9.76. The van der Waals surface area contributed by atoms with Crippen LogP contribution >= 0.6 is 0 Å². The molecule has 0 aliphatic rings. The van der Waals surface area contributed by atoms with E-state index in [-0.39, 0.29) is 29.6 Å². The number of hydrogen-bond donors (Lipinski definition) is 1. The number of benzene rings is 2. The minimum Gasteiger partial charge on any atom is -0.493 e. The highest BCUT2D eigenvalue weighted by Crippen LogP contribution is 2.29. The fourth-order valence-electron chi connectivity index (χ4n) is 2.22. The molecule has 0 spiro atoms. The van der Waals surface area contributed by atoms with Gasteiger partial charge < -0.3 is 14.8 Å². The van der Waals surface area contributed by atoms with E-state index in [4.69, 9.17) is 4.74 Å². The van der Waals surface area contributed by atoms with Crippen molar-refractivity contribution in [1.29, 1.82) is 0 Å². The lowest BCUT2D eigenvalue weighted by Gasteiger charge is -2.11. The third kappa shape index (κ3) is 5.13. The summed E-state index contributed by atoms with van der Waals surface area (Å²) >= 11 is 0. The summed E-state index contributed by atoms with van der Waals surface area (Å²) in [5.41, 5.74) is 0.959. The van der Waals surface area contributed by atoms with E-state index in [0.29, 0.717) is 12.0 Å². The van der Waals surface area contributed by atoms with Crippen LogP contribution in [-0.4, -0.2) is 31.1 Å². The Hall–Kier alpha value is -3.23. The van der Waals surface area contributed by atoms with Crippen LogP contribution < -0.4 is 14.8 Å². The highest BCUT2D eigenvalue weighted by atomic mass is 19.3. The minimum atomic E-state index is -2.95. The van der Waals surface area contributed by atoms with E-state index >= 15 is 0 Å². The normalized spacial score (nSPS) is 10.5. The van der Waals surface area contributed by atoms with Crippen molar-refractivity contribution in [1.82, 2.24) is 5.32 Å². The van der Waals surface area contributed by atoms with Crippen molar-refractivity contribution in [2.45, 2.75) is 13.0 Å². The average molecular weight is 366 g/mol. The molecular formula is C17H16F2N2O5. The number of non-ortho nitro benzene ring substituents is 1. The van der Waals surface area contributed by atoms with Crippen LogP contribution in [-0.2, 0) is 6.42 Å². The Kier molecular flexibility index (Phi) is 6.42. The van der Waals surface area contributed by atoms with Gasteiger partial charge in [-0.1, -0.05) is 6.07 Å². The first-order chi connectivity index (χ1) is 12.4. The zero-order valence-electron chi connectivity index (χ0n) is 13.8. The maximum absolute atomic E-state index is 12.3. The number of rotatable bonds is 8. The molecule has 1 N–H and O–H groups in total. The van der Waals surface area contributed by atoms with Gasteiger partial charge in [-0.15, -0.1) is 0 Å². The number of carbonyl (C=O) groups excluding carboxylic acids is 1. The van der Waals surface area contributed by atoms with Crippen LogP contribution in [0.1, 0.15) is 15.9 Å². The van der Waals surface area contributed by atoms with Gasteiger partial charge in [0.1, 0.15) is 0 Å². The molecule has 26 heavy (non-hydrogen) atoms. The smallest absolute Gasteiger partial charge is 0.387 e. The third-order valence-electron chi connectivity index (χ3n) is 3.48. The first-order valence-electron chi connectivity index (χ1n) is 7.55. The molecule has 0 aliphatic carbocycles. The maximum atomic E-state index is 12.3. The number of alkyl halides is 2. The second kappa shape index (κ2) is 8.75. The van der Waals surface area contributed by atoms with Crippen LogP contribution in [0.25, 0.3) is 0 Å². The summed E-state index contributed by atoms with van der Waals surface area (Å²) in [5.74, 6) is -0.268. The molecule has 2 aromatic rings. The van der Waals surface area contributed by atoms with Crippen molar-refractivity contribution in [3.05, 3.63) is 63.7 Å². The van der Waals surface area contributed by atoms with E-state index in [1.54, 1.807) is 12.1 Å². The van der Waals surface area contributed by atoms with Gasteiger partial charge in [0, 0.05) is 24.2 Å². The molecule has 0 heterocycles. The average Bonchev–Trinajstić information content (AvgIpc) is 2.62. The van der Waals surface area contributed by atoms with Gasteiger partial charge >= 0.3 is 6.61 Å². The minimum absolute atomic E-state index is 0.0684. The van der Waals surface area contributed by atoms with E-state index in [2.05, 4.69) is 10.1 Å². The molecule has 0 saturated heterocycles. The lowest BCUT2D eigenvalue weighted by molar-refractivity contribution is -0.384. The monoisotopic (exact) mass is 366 g/mol. The second-order valence-corrected chi connectivity index (χ2v) is 5.17. The standard InChI is InChI=1S/C17H16F2N2O5/c1-25-15-10-11(2-7-14(15)26-17(18)19)8-9-20-16(22)12-3-5-13(6-4-12)21(23)24/h2-7,10,17H,8-9H2,1H3,(H,20,22). The summed E-state index contributed by atoms with van der Waals surface area (Å²) in [6.45, 7) is -2.66. The molecule has 0 aliphatic heterocycles. The molecule has 0 unspecified atom stereocenters. The maximum Gasteiger partial charge on any atom is 0.387 e. The Balaban J connectivity index is 1.92. The Labute approximate surface area is 147 Å². The SMILES string of the molecule is COc1cc(CCNC(=O)c2ccc([N+](=O)[O-])cc2)ccc1OC(F)F. The van der Waals surface area contributed by atoms with Gasteiger partial charge in [0.25, 0.3) is 11.6 Å². The lowest BCUT2D eigenvalue weighted by atomic mass is 10.1. The van der Waals surface area contributed by atoms with Crippen LogP contribution in [0.5, 0.6) is 11.5 Å². The molecule has 0 radical (unpaired) electrons. The highest BCUT2D eigenvalue weighted by Gasteiger charge is 2.12. The summed E-state index contributed by atoms with van der Waals surface area (Å²) in [5, 5.41) is 13.3. The first kappa shape index (κ1) is 19.1. The van der Waals surface area contributed by atoms with Gasteiger partial charge in [-0.25, -0.2) is 0 Å². The fraction of sp³-hybridized carbons (Fsp3) is 0.235. The van der Waals surface area contributed by atoms with Gasteiger partial charge in [0.05, 0.1) is 12.0 Å². The number of carbonyl (C=O) groups is 1. The summed E-state index contributed by atoms with van der Waals surface area (Å²) in [7, 11) is 1.34. The molecule has 138 valence electrons. The van der Waals surface area contributed by atoms with Crippen LogP contribution in [0, 0.1) is 10.1 Å². The van der Waals surface area contributed by atoms with Crippen molar-refractivity contribution in [2.24, 2.45) is 0 Å². The topological polar surface area (TPSA) is 90.7 Å².